The minimum absolute atomic E-state index is 0.00284. The maximum atomic E-state index is 13.1. The fraction of sp³-hybridized carbons (Fsp3) is 0.400. The Morgan fingerprint density at radius 1 is 1.13 bits per heavy atom. The Balaban J connectivity index is 2.66. The first kappa shape index (κ1) is 18.5. The molecule has 1 amide bonds. The third-order valence-electron chi connectivity index (χ3n) is 3.03. The van der Waals surface area contributed by atoms with Crippen LogP contribution in [0.5, 0.6) is 0 Å². The zero-order valence-electron chi connectivity index (χ0n) is 12.7. The molecule has 1 aromatic carbocycles. The first-order chi connectivity index (χ1) is 10.9. The number of benzene rings is 1. The van der Waals surface area contributed by atoms with Gasteiger partial charge in [-0.25, -0.2) is 13.6 Å². The Morgan fingerprint density at radius 2 is 1.83 bits per heavy atom. The number of methoxy groups -OCH3 is 2. The Morgan fingerprint density at radius 3 is 2.39 bits per heavy atom. The molecule has 8 heteroatoms. The van der Waals surface area contributed by atoms with Crippen LogP contribution in [0.1, 0.15) is 18.4 Å². The third-order valence-corrected chi connectivity index (χ3v) is 3.03. The van der Waals surface area contributed by atoms with Gasteiger partial charge in [-0.15, -0.1) is 0 Å². The molecular weight excluding hydrogens is 312 g/mol. The maximum Gasteiger partial charge on any atom is 0.328 e. The summed E-state index contributed by atoms with van der Waals surface area (Å²) in [6, 6.07) is 2.04. The van der Waals surface area contributed by atoms with Crippen LogP contribution < -0.4 is 5.32 Å². The van der Waals surface area contributed by atoms with E-state index in [0.717, 1.165) is 19.2 Å². The predicted molar refractivity (Wildman–Crippen MR) is 75.3 cm³/mol. The van der Waals surface area contributed by atoms with Crippen molar-refractivity contribution in [2.75, 3.05) is 14.2 Å². The highest BCUT2D eigenvalue weighted by atomic mass is 19.2. The molecule has 1 rings (SSSR count). The summed E-state index contributed by atoms with van der Waals surface area (Å²) in [5, 5.41) is 2.39. The Bertz CT molecular complexity index is 591. The molecule has 1 N–H and O–H groups in total. The fourth-order valence-electron chi connectivity index (χ4n) is 1.84. The molecule has 0 heterocycles. The van der Waals surface area contributed by atoms with Crippen molar-refractivity contribution < 1.29 is 32.6 Å². The minimum Gasteiger partial charge on any atom is -0.469 e. The second-order valence-electron chi connectivity index (χ2n) is 4.68. The monoisotopic (exact) mass is 329 g/mol. The number of ether oxygens (including phenoxy) is 2. The molecule has 1 atom stereocenters. The molecule has 0 aliphatic rings. The van der Waals surface area contributed by atoms with E-state index >= 15 is 0 Å². The molecule has 6 nitrogen and oxygen atoms in total. The van der Waals surface area contributed by atoms with Crippen molar-refractivity contribution in [1.82, 2.24) is 5.32 Å². The number of nitrogens with one attached hydrogen (secondary N) is 1. The first-order valence-corrected chi connectivity index (χ1v) is 6.75. The van der Waals surface area contributed by atoms with Crippen molar-refractivity contribution in [2.45, 2.75) is 25.3 Å². The Kier molecular flexibility index (Phi) is 7.11. The van der Waals surface area contributed by atoms with E-state index in [-0.39, 0.29) is 24.8 Å². The second-order valence-corrected chi connectivity index (χ2v) is 4.68. The van der Waals surface area contributed by atoms with Crippen LogP contribution in [0.2, 0.25) is 0 Å². The van der Waals surface area contributed by atoms with E-state index in [1.54, 1.807) is 0 Å². The van der Waals surface area contributed by atoms with Crippen LogP contribution >= 0.6 is 0 Å². The molecule has 0 aromatic heterocycles. The van der Waals surface area contributed by atoms with Crippen LogP contribution in [-0.4, -0.2) is 38.1 Å². The molecular formula is C15H17F2NO5. The highest BCUT2D eigenvalue weighted by molar-refractivity contribution is 5.86. The smallest absolute Gasteiger partial charge is 0.328 e. The van der Waals surface area contributed by atoms with Gasteiger partial charge in [0.2, 0.25) is 5.91 Å². The quantitative estimate of drug-likeness (QED) is 0.758. The topological polar surface area (TPSA) is 81.7 Å². The highest BCUT2D eigenvalue weighted by Gasteiger charge is 2.22. The lowest BCUT2D eigenvalue weighted by molar-refractivity contribution is -0.146. The molecule has 0 radical (unpaired) electrons. The van der Waals surface area contributed by atoms with Gasteiger partial charge in [0.05, 0.1) is 20.6 Å². The number of hydrogen-bond acceptors (Lipinski definition) is 5. The van der Waals surface area contributed by atoms with E-state index < -0.39 is 35.5 Å². The lowest BCUT2D eigenvalue weighted by Crippen LogP contribution is -2.42. The van der Waals surface area contributed by atoms with Crippen LogP contribution in [-0.2, 0) is 30.3 Å². The maximum absolute atomic E-state index is 13.1. The van der Waals surface area contributed by atoms with Crippen LogP contribution in [0.25, 0.3) is 0 Å². The van der Waals surface area contributed by atoms with Crippen LogP contribution in [0, 0.1) is 11.6 Å². The molecule has 23 heavy (non-hydrogen) atoms. The molecule has 0 saturated heterocycles. The van der Waals surface area contributed by atoms with Gasteiger partial charge in [0.1, 0.15) is 6.04 Å². The molecule has 0 saturated carbocycles. The first-order valence-electron chi connectivity index (χ1n) is 6.75. The van der Waals surface area contributed by atoms with Gasteiger partial charge in [-0.2, -0.15) is 0 Å². The van der Waals surface area contributed by atoms with Gasteiger partial charge in [-0.05, 0) is 24.1 Å². The van der Waals surface area contributed by atoms with E-state index in [9.17, 15) is 23.2 Å². The fourth-order valence-corrected chi connectivity index (χ4v) is 1.84. The molecule has 0 spiro atoms. The van der Waals surface area contributed by atoms with Crippen LogP contribution in [0.4, 0.5) is 8.78 Å². The molecule has 0 unspecified atom stereocenters. The van der Waals surface area contributed by atoms with Crippen LogP contribution in [0.15, 0.2) is 18.2 Å². The summed E-state index contributed by atoms with van der Waals surface area (Å²) in [5.41, 5.74) is 0.248. The average Bonchev–Trinajstić information content (AvgIpc) is 2.53. The molecule has 0 bridgehead atoms. The molecule has 126 valence electrons. The van der Waals surface area contributed by atoms with E-state index in [0.29, 0.717) is 0 Å². The summed E-state index contributed by atoms with van der Waals surface area (Å²) < 4.78 is 34.9. The summed E-state index contributed by atoms with van der Waals surface area (Å²) >= 11 is 0. The van der Waals surface area contributed by atoms with Gasteiger partial charge in [0.15, 0.2) is 11.6 Å². The largest absolute Gasteiger partial charge is 0.469 e. The third kappa shape index (κ3) is 6.01. The van der Waals surface area contributed by atoms with Crippen molar-refractivity contribution in [2.24, 2.45) is 0 Å². The van der Waals surface area contributed by atoms with Crippen molar-refractivity contribution in [3.63, 3.8) is 0 Å². The second kappa shape index (κ2) is 8.82. The van der Waals surface area contributed by atoms with Crippen molar-refractivity contribution in [3.8, 4) is 0 Å². The van der Waals surface area contributed by atoms with E-state index in [1.807, 2.05) is 0 Å². The molecule has 0 aliphatic heterocycles. The SMILES string of the molecule is COC(=O)CC[C@H](NC(=O)Cc1ccc(F)c(F)c1)C(=O)OC. The Labute approximate surface area is 131 Å². The average molecular weight is 329 g/mol. The molecule has 1 aromatic rings. The highest BCUT2D eigenvalue weighted by Crippen LogP contribution is 2.10. The number of esters is 2. The molecule has 0 fully saturated rings. The lowest BCUT2D eigenvalue weighted by Gasteiger charge is -2.16. The van der Waals surface area contributed by atoms with E-state index in [4.69, 9.17) is 0 Å². The summed E-state index contributed by atoms with van der Waals surface area (Å²) in [6.07, 6.45) is -0.326. The van der Waals surface area contributed by atoms with Gasteiger partial charge in [-0.3, -0.25) is 9.59 Å². The van der Waals surface area contributed by atoms with Gasteiger partial charge >= 0.3 is 11.9 Å². The zero-order valence-corrected chi connectivity index (χ0v) is 12.7. The minimum atomic E-state index is -1.06. The number of hydrogen-bond donors (Lipinski definition) is 1. The molecule has 0 aliphatic carbocycles. The normalized spacial score (nSPS) is 11.5. The summed E-state index contributed by atoms with van der Waals surface area (Å²) in [4.78, 5) is 34.6. The Hall–Kier alpha value is -2.51. The number of carbonyl (C=O) groups is 3. The van der Waals surface area contributed by atoms with Gasteiger partial charge < -0.3 is 14.8 Å². The van der Waals surface area contributed by atoms with Crippen molar-refractivity contribution in [3.05, 3.63) is 35.4 Å². The number of halogens is 2. The van der Waals surface area contributed by atoms with Crippen LogP contribution in [0.3, 0.4) is 0 Å². The lowest BCUT2D eigenvalue weighted by atomic mass is 10.1. The predicted octanol–water partition coefficient (Wildman–Crippen LogP) is 1.12. The van der Waals surface area contributed by atoms with Crippen molar-refractivity contribution in [1.29, 1.82) is 0 Å². The summed E-state index contributed by atoms with van der Waals surface area (Å²) in [5.74, 6) is -3.91. The van der Waals surface area contributed by atoms with E-state index in [1.165, 1.54) is 13.2 Å². The standard InChI is InChI=1S/C15H17F2NO5/c1-22-14(20)6-5-12(15(21)23-2)18-13(19)8-9-3-4-10(16)11(17)7-9/h3-4,7,12H,5-6,8H2,1-2H3,(H,18,19)/t12-/m0/s1. The van der Waals surface area contributed by atoms with Gasteiger partial charge in [0.25, 0.3) is 0 Å². The summed E-state index contributed by atoms with van der Waals surface area (Å²) in [6.45, 7) is 0. The summed E-state index contributed by atoms with van der Waals surface area (Å²) in [7, 11) is 2.35. The number of carbonyl (C=O) groups excluding carboxylic acids is 3. The van der Waals surface area contributed by atoms with Gasteiger partial charge in [0, 0.05) is 6.42 Å². The van der Waals surface area contributed by atoms with Crippen molar-refractivity contribution >= 4 is 17.8 Å². The number of amides is 1. The number of rotatable bonds is 7. The van der Waals surface area contributed by atoms with Gasteiger partial charge in [-0.1, -0.05) is 6.07 Å². The van der Waals surface area contributed by atoms with E-state index in [2.05, 4.69) is 14.8 Å². The zero-order chi connectivity index (χ0) is 17.4.